The molecule has 2 saturated carbocycles. The van der Waals surface area contributed by atoms with Crippen LogP contribution in [0.4, 0.5) is 0 Å². The maximum Gasteiger partial charge on any atom is -0.000705 e. The van der Waals surface area contributed by atoms with Gasteiger partial charge in [0.2, 0.25) is 0 Å². The van der Waals surface area contributed by atoms with E-state index in [1.54, 1.807) is 5.56 Å². The maximum absolute atomic E-state index is 4.02. The van der Waals surface area contributed by atoms with Gasteiger partial charge in [-0.3, -0.25) is 0 Å². The van der Waals surface area contributed by atoms with Gasteiger partial charge < -0.3 is 0 Å². The standard InChI is InChI=1S/C38H52/c1-9-10-14-26-17-18-30(23-26)38(8,27-15-12-11-13-16-27)35-33-24-28(36(2,3)4)19-21-31(33)32-22-20-29(25-34(32)35)37(5,6)7/h9,11-13,15-16,19-22,24-26,30-35H,1,10,14,17-18,23H2,2-8H3. The Morgan fingerprint density at radius 3 is 1.82 bits per heavy atom. The summed E-state index contributed by atoms with van der Waals surface area (Å²) in [5, 5.41) is 0. The normalized spacial score (nSPS) is 34.2. The van der Waals surface area contributed by atoms with E-state index in [-0.39, 0.29) is 16.2 Å². The highest BCUT2D eigenvalue weighted by Crippen LogP contribution is 2.63. The third-order valence-electron chi connectivity index (χ3n) is 10.9. The highest BCUT2D eigenvalue weighted by molar-refractivity contribution is 5.42. The fourth-order valence-electron chi connectivity index (χ4n) is 8.68. The molecule has 0 aromatic heterocycles. The minimum atomic E-state index is 0.141. The zero-order chi connectivity index (χ0) is 27.3. The van der Waals surface area contributed by atoms with E-state index in [0.29, 0.717) is 29.6 Å². The number of allylic oxidation sites excluding steroid dienone is 9. The van der Waals surface area contributed by atoms with Crippen molar-refractivity contribution in [1.82, 2.24) is 0 Å². The van der Waals surface area contributed by atoms with Crippen LogP contribution in [0.15, 0.2) is 90.6 Å². The average molecular weight is 509 g/mol. The van der Waals surface area contributed by atoms with Crippen molar-refractivity contribution in [3.8, 4) is 0 Å². The van der Waals surface area contributed by atoms with Crippen LogP contribution in [-0.4, -0.2) is 0 Å². The van der Waals surface area contributed by atoms with Gasteiger partial charge in [-0.1, -0.05) is 128 Å². The van der Waals surface area contributed by atoms with Gasteiger partial charge in [-0.25, -0.2) is 0 Å². The number of rotatable bonds is 6. The third-order valence-corrected chi connectivity index (χ3v) is 10.9. The van der Waals surface area contributed by atoms with Crippen LogP contribution >= 0.6 is 0 Å². The molecule has 7 unspecified atom stereocenters. The van der Waals surface area contributed by atoms with Crippen LogP contribution in [0.2, 0.25) is 0 Å². The van der Waals surface area contributed by atoms with Crippen molar-refractivity contribution in [1.29, 1.82) is 0 Å². The summed E-state index contributed by atoms with van der Waals surface area (Å²) >= 11 is 0. The lowest BCUT2D eigenvalue weighted by Gasteiger charge is -2.47. The quantitative estimate of drug-likeness (QED) is 0.335. The topological polar surface area (TPSA) is 0 Å². The highest BCUT2D eigenvalue weighted by Gasteiger charge is 2.58. The van der Waals surface area contributed by atoms with Crippen LogP contribution in [0.1, 0.15) is 86.1 Å². The molecular weight excluding hydrogens is 456 g/mol. The first kappa shape index (κ1) is 27.5. The number of fused-ring (bicyclic) bond motifs is 3. The van der Waals surface area contributed by atoms with Crippen molar-refractivity contribution >= 4 is 0 Å². The number of hydrogen-bond acceptors (Lipinski definition) is 0. The van der Waals surface area contributed by atoms with Gasteiger partial charge in [-0.15, -0.1) is 6.58 Å². The lowest BCUT2D eigenvalue weighted by atomic mass is 9.56. The van der Waals surface area contributed by atoms with Gasteiger partial charge in [-0.2, -0.15) is 0 Å². The molecule has 1 aromatic carbocycles. The molecule has 204 valence electrons. The molecule has 2 fully saturated rings. The SMILES string of the molecule is C=CCCC1CCC(C(C)(c2ccccc2)C2C3C=C(C(C)(C)C)C=CC3C3C=CC(C(C)(C)C)=CC32)C1. The predicted octanol–water partition coefficient (Wildman–Crippen LogP) is 10.5. The summed E-state index contributed by atoms with van der Waals surface area (Å²) in [6.07, 6.45) is 24.3. The molecule has 4 aliphatic rings. The van der Waals surface area contributed by atoms with Crippen molar-refractivity contribution in [2.24, 2.45) is 52.3 Å². The first-order chi connectivity index (χ1) is 17.9. The molecule has 0 heteroatoms. The molecule has 4 aliphatic carbocycles. The smallest absolute Gasteiger partial charge is 0.000705 e. The molecular formula is C38H52. The molecule has 0 bridgehead atoms. The molecule has 5 rings (SSSR count). The monoisotopic (exact) mass is 508 g/mol. The van der Waals surface area contributed by atoms with E-state index < -0.39 is 0 Å². The largest absolute Gasteiger partial charge is 0.103 e. The molecule has 0 nitrogen and oxygen atoms in total. The Morgan fingerprint density at radius 2 is 1.32 bits per heavy atom. The van der Waals surface area contributed by atoms with Crippen LogP contribution in [0.5, 0.6) is 0 Å². The van der Waals surface area contributed by atoms with Gasteiger partial charge in [0.05, 0.1) is 0 Å². The molecule has 0 heterocycles. The van der Waals surface area contributed by atoms with Crippen molar-refractivity contribution in [2.75, 3.05) is 0 Å². The van der Waals surface area contributed by atoms with Crippen molar-refractivity contribution < 1.29 is 0 Å². The first-order valence-electron chi connectivity index (χ1n) is 15.4. The Balaban J connectivity index is 1.66. The summed E-state index contributed by atoms with van der Waals surface area (Å²) in [6, 6.07) is 11.7. The Bertz CT molecular complexity index is 1070. The number of benzene rings is 1. The van der Waals surface area contributed by atoms with Gasteiger partial charge in [0.15, 0.2) is 0 Å². The van der Waals surface area contributed by atoms with Crippen LogP contribution < -0.4 is 0 Å². The Kier molecular flexibility index (Phi) is 7.34. The van der Waals surface area contributed by atoms with Gasteiger partial charge in [0, 0.05) is 0 Å². The summed E-state index contributed by atoms with van der Waals surface area (Å²) in [6.45, 7) is 21.0. The van der Waals surface area contributed by atoms with Crippen molar-refractivity contribution in [3.63, 3.8) is 0 Å². The van der Waals surface area contributed by atoms with Gasteiger partial charge in [0.1, 0.15) is 0 Å². The molecule has 0 radical (unpaired) electrons. The van der Waals surface area contributed by atoms with E-state index >= 15 is 0 Å². The number of hydrogen-bond donors (Lipinski definition) is 0. The van der Waals surface area contributed by atoms with E-state index in [9.17, 15) is 0 Å². The zero-order valence-corrected chi connectivity index (χ0v) is 25.2. The van der Waals surface area contributed by atoms with Gasteiger partial charge in [0.25, 0.3) is 0 Å². The Morgan fingerprint density at radius 1 is 0.763 bits per heavy atom. The lowest BCUT2D eigenvalue weighted by molar-refractivity contribution is 0.133. The predicted molar refractivity (Wildman–Crippen MR) is 165 cm³/mol. The van der Waals surface area contributed by atoms with E-state index in [1.165, 1.54) is 36.8 Å². The van der Waals surface area contributed by atoms with E-state index in [0.717, 1.165) is 18.3 Å². The van der Waals surface area contributed by atoms with Gasteiger partial charge in [-0.05, 0) is 100 Å². The molecule has 0 spiro atoms. The molecule has 0 amide bonds. The van der Waals surface area contributed by atoms with E-state index in [1.807, 2.05) is 0 Å². The van der Waals surface area contributed by atoms with Crippen molar-refractivity contribution in [3.05, 3.63) is 96.2 Å². The summed E-state index contributed by atoms with van der Waals surface area (Å²) in [5.41, 5.74) is 5.11. The van der Waals surface area contributed by atoms with Crippen molar-refractivity contribution in [2.45, 2.75) is 86.0 Å². The second kappa shape index (κ2) is 10.1. The average Bonchev–Trinajstić information content (AvgIpc) is 3.49. The summed E-state index contributed by atoms with van der Waals surface area (Å²) in [5.74, 6) is 4.47. The second-order valence-corrected chi connectivity index (χ2v) is 15.2. The molecule has 0 aliphatic heterocycles. The maximum atomic E-state index is 4.02. The van der Waals surface area contributed by atoms with E-state index in [4.69, 9.17) is 0 Å². The molecule has 1 aromatic rings. The fourth-order valence-corrected chi connectivity index (χ4v) is 8.68. The third kappa shape index (κ3) is 4.87. The Hall–Kier alpha value is -2.08. The van der Waals surface area contributed by atoms with Gasteiger partial charge >= 0.3 is 0 Å². The van der Waals surface area contributed by atoms with Crippen LogP contribution in [0.3, 0.4) is 0 Å². The first-order valence-corrected chi connectivity index (χ1v) is 15.4. The lowest BCUT2D eigenvalue weighted by Crippen LogP contribution is -2.44. The molecule has 0 saturated heterocycles. The van der Waals surface area contributed by atoms with Crippen LogP contribution in [0.25, 0.3) is 0 Å². The minimum absolute atomic E-state index is 0.141. The van der Waals surface area contributed by atoms with Crippen LogP contribution in [-0.2, 0) is 5.41 Å². The molecule has 38 heavy (non-hydrogen) atoms. The van der Waals surface area contributed by atoms with Crippen LogP contribution in [0, 0.1) is 52.3 Å². The zero-order valence-electron chi connectivity index (χ0n) is 25.2. The Labute approximate surface area is 234 Å². The summed E-state index contributed by atoms with van der Waals surface area (Å²) in [7, 11) is 0. The molecule has 7 atom stereocenters. The second-order valence-electron chi connectivity index (χ2n) is 15.2. The minimum Gasteiger partial charge on any atom is -0.103 e. The summed E-state index contributed by atoms with van der Waals surface area (Å²) < 4.78 is 0. The fraction of sp³-hybridized carbons (Fsp3) is 0.579. The molecule has 0 N–H and O–H groups in total. The van der Waals surface area contributed by atoms with E-state index in [2.05, 4.69) is 128 Å². The highest BCUT2D eigenvalue weighted by atomic mass is 14.6. The summed E-state index contributed by atoms with van der Waals surface area (Å²) in [4.78, 5) is 0.